The molecule has 1 fully saturated rings. The molecule has 0 saturated heterocycles. The molecule has 1 saturated carbocycles. The first-order chi connectivity index (χ1) is 8.34. The van der Waals surface area contributed by atoms with Gasteiger partial charge in [0.1, 0.15) is 0 Å². The van der Waals surface area contributed by atoms with Crippen LogP contribution in [0.3, 0.4) is 0 Å². The molecule has 1 heterocycles. The smallest absolute Gasteiger partial charge is 0.307 e. The van der Waals surface area contributed by atoms with Crippen molar-refractivity contribution in [2.24, 2.45) is 11.3 Å². The lowest BCUT2D eigenvalue weighted by molar-refractivity contribution is -0.139. The Hall–Kier alpha value is -1.43. The number of rotatable bonds is 5. The van der Waals surface area contributed by atoms with Gasteiger partial charge in [-0.05, 0) is 19.5 Å². The van der Waals surface area contributed by atoms with Crippen LogP contribution in [0.1, 0.15) is 31.5 Å². The predicted molar refractivity (Wildman–Crippen MR) is 64.2 cm³/mol. The quantitative estimate of drug-likeness (QED) is 0.843. The van der Waals surface area contributed by atoms with Crippen molar-refractivity contribution in [3.8, 4) is 0 Å². The highest BCUT2D eigenvalue weighted by Gasteiger charge is 2.65. The van der Waals surface area contributed by atoms with E-state index in [1.807, 2.05) is 32.8 Å². The lowest BCUT2D eigenvalue weighted by Crippen LogP contribution is -2.15. The largest absolute Gasteiger partial charge is 0.481 e. The fourth-order valence-corrected chi connectivity index (χ4v) is 2.38. The summed E-state index contributed by atoms with van der Waals surface area (Å²) in [5, 5.41) is 13.0. The molecule has 1 aliphatic carbocycles. The van der Waals surface area contributed by atoms with Gasteiger partial charge in [-0.1, -0.05) is 19.0 Å². The highest BCUT2D eigenvalue weighted by Crippen LogP contribution is 2.63. The van der Waals surface area contributed by atoms with Gasteiger partial charge in [0.05, 0.1) is 11.8 Å². The fourth-order valence-electron chi connectivity index (χ4n) is 2.38. The number of hydrogen-bond donors (Lipinski definition) is 1. The molecule has 0 bridgehead atoms. The number of hydrogen-bond acceptors (Lipinski definition) is 5. The van der Waals surface area contributed by atoms with Gasteiger partial charge in [-0.25, -0.2) is 0 Å². The first kappa shape index (κ1) is 13.0. The molecule has 1 aliphatic rings. The lowest BCUT2D eigenvalue weighted by Gasteiger charge is -2.05. The van der Waals surface area contributed by atoms with Crippen LogP contribution in [0.15, 0.2) is 4.52 Å². The summed E-state index contributed by atoms with van der Waals surface area (Å²) in [6, 6.07) is 0. The molecule has 6 nitrogen and oxygen atoms in total. The molecular weight excluding hydrogens is 234 g/mol. The highest BCUT2D eigenvalue weighted by molar-refractivity contribution is 5.77. The van der Waals surface area contributed by atoms with E-state index in [-0.39, 0.29) is 11.3 Å². The van der Waals surface area contributed by atoms with Crippen LogP contribution in [0, 0.1) is 11.3 Å². The van der Waals surface area contributed by atoms with Crippen molar-refractivity contribution in [3.05, 3.63) is 11.7 Å². The first-order valence-electron chi connectivity index (χ1n) is 6.04. The number of carboxylic acid groups (broad SMARTS) is 1. The molecule has 0 aromatic carbocycles. The van der Waals surface area contributed by atoms with E-state index in [0.717, 1.165) is 6.54 Å². The van der Waals surface area contributed by atoms with Crippen molar-refractivity contribution in [1.29, 1.82) is 0 Å². The molecule has 0 amide bonds. The summed E-state index contributed by atoms with van der Waals surface area (Å²) in [6.45, 7) is 4.68. The van der Waals surface area contributed by atoms with Gasteiger partial charge in [-0.2, -0.15) is 4.98 Å². The van der Waals surface area contributed by atoms with Crippen molar-refractivity contribution >= 4 is 5.97 Å². The minimum Gasteiger partial charge on any atom is -0.481 e. The second kappa shape index (κ2) is 4.35. The Bertz CT molecular complexity index is 453. The maximum absolute atomic E-state index is 11.1. The third-order valence-electron chi connectivity index (χ3n) is 3.63. The number of aromatic nitrogens is 2. The van der Waals surface area contributed by atoms with Gasteiger partial charge in [-0.15, -0.1) is 0 Å². The second-order valence-corrected chi connectivity index (χ2v) is 5.72. The van der Waals surface area contributed by atoms with E-state index < -0.39 is 11.9 Å². The van der Waals surface area contributed by atoms with Crippen molar-refractivity contribution in [2.75, 3.05) is 20.6 Å². The van der Waals surface area contributed by atoms with Crippen LogP contribution in [-0.2, 0) is 11.2 Å². The van der Waals surface area contributed by atoms with Gasteiger partial charge in [-0.3, -0.25) is 4.79 Å². The van der Waals surface area contributed by atoms with E-state index in [4.69, 9.17) is 9.63 Å². The minimum absolute atomic E-state index is 0.157. The Labute approximate surface area is 106 Å². The van der Waals surface area contributed by atoms with Crippen molar-refractivity contribution in [1.82, 2.24) is 15.0 Å². The van der Waals surface area contributed by atoms with Gasteiger partial charge in [0, 0.05) is 13.0 Å². The molecule has 2 unspecified atom stereocenters. The zero-order valence-electron chi connectivity index (χ0n) is 11.2. The summed E-state index contributed by atoms with van der Waals surface area (Å²) in [6.07, 6.45) is 0.710. The number of carboxylic acids is 1. The zero-order chi connectivity index (χ0) is 13.5. The summed E-state index contributed by atoms with van der Waals surface area (Å²) in [5.41, 5.74) is -0.294. The summed E-state index contributed by atoms with van der Waals surface area (Å²) in [4.78, 5) is 17.4. The van der Waals surface area contributed by atoms with Gasteiger partial charge in [0.25, 0.3) is 0 Å². The molecule has 100 valence electrons. The fraction of sp³-hybridized carbons (Fsp3) is 0.750. The van der Waals surface area contributed by atoms with Crippen LogP contribution < -0.4 is 0 Å². The molecule has 2 atom stereocenters. The van der Waals surface area contributed by atoms with Gasteiger partial charge < -0.3 is 14.5 Å². The van der Waals surface area contributed by atoms with Gasteiger partial charge in [0.2, 0.25) is 5.89 Å². The first-order valence-corrected chi connectivity index (χ1v) is 6.04. The Morgan fingerprint density at radius 3 is 2.67 bits per heavy atom. The van der Waals surface area contributed by atoms with E-state index >= 15 is 0 Å². The Morgan fingerprint density at radius 2 is 2.17 bits per heavy atom. The van der Waals surface area contributed by atoms with E-state index in [9.17, 15) is 4.79 Å². The summed E-state index contributed by atoms with van der Waals surface area (Å²) >= 11 is 0. The monoisotopic (exact) mass is 253 g/mol. The predicted octanol–water partition coefficient (Wildman–Crippen LogP) is 0.998. The van der Waals surface area contributed by atoms with Gasteiger partial charge in [0.15, 0.2) is 5.82 Å². The van der Waals surface area contributed by atoms with Crippen molar-refractivity contribution < 1.29 is 14.4 Å². The third kappa shape index (κ3) is 2.25. The Balaban J connectivity index is 2.05. The van der Waals surface area contributed by atoms with Gasteiger partial charge >= 0.3 is 5.97 Å². The molecule has 0 radical (unpaired) electrons. The molecule has 1 aromatic heterocycles. The topological polar surface area (TPSA) is 79.5 Å². The van der Waals surface area contributed by atoms with Crippen LogP contribution >= 0.6 is 0 Å². The average molecular weight is 253 g/mol. The van der Waals surface area contributed by atoms with Crippen LogP contribution in [-0.4, -0.2) is 46.8 Å². The van der Waals surface area contributed by atoms with Crippen molar-refractivity contribution in [2.45, 2.75) is 26.2 Å². The minimum atomic E-state index is -0.793. The average Bonchev–Trinajstić information content (AvgIpc) is 2.65. The normalized spacial score (nSPS) is 25.4. The van der Waals surface area contributed by atoms with Crippen molar-refractivity contribution in [3.63, 3.8) is 0 Å². The molecule has 1 aromatic rings. The van der Waals surface area contributed by atoms with Crippen LogP contribution in [0.5, 0.6) is 0 Å². The van der Waals surface area contributed by atoms with E-state index in [1.54, 1.807) is 0 Å². The van der Waals surface area contributed by atoms with Crippen LogP contribution in [0.4, 0.5) is 0 Å². The Kier molecular flexibility index (Phi) is 3.14. The molecule has 6 heteroatoms. The summed E-state index contributed by atoms with van der Waals surface area (Å²) in [5.74, 6) is -0.264. The SMILES string of the molecule is CN(C)CCc1noc(C2C(C(=O)O)C2(C)C)n1. The maximum Gasteiger partial charge on any atom is 0.307 e. The molecular formula is C12H19N3O3. The van der Waals surface area contributed by atoms with E-state index in [1.165, 1.54) is 0 Å². The zero-order valence-corrected chi connectivity index (χ0v) is 11.2. The maximum atomic E-state index is 11.1. The van der Waals surface area contributed by atoms with E-state index in [2.05, 4.69) is 10.1 Å². The number of nitrogens with zero attached hydrogens (tertiary/aromatic N) is 3. The Morgan fingerprint density at radius 1 is 1.50 bits per heavy atom. The number of likely N-dealkylation sites (N-methyl/N-ethyl adjacent to an activating group) is 1. The number of aliphatic carboxylic acids is 1. The summed E-state index contributed by atoms with van der Waals surface area (Å²) in [7, 11) is 3.96. The van der Waals surface area contributed by atoms with E-state index in [0.29, 0.717) is 18.1 Å². The van der Waals surface area contributed by atoms with Crippen LogP contribution in [0.2, 0.25) is 0 Å². The highest BCUT2D eigenvalue weighted by atomic mass is 16.5. The lowest BCUT2D eigenvalue weighted by atomic mass is 10.1. The molecule has 2 rings (SSSR count). The summed E-state index contributed by atoms with van der Waals surface area (Å²) < 4.78 is 5.19. The standard InChI is InChI=1S/C12H19N3O3/c1-12(2)8(9(12)11(16)17)10-13-7(14-18-10)5-6-15(3)4/h8-9H,5-6H2,1-4H3,(H,16,17). The molecule has 0 spiro atoms. The van der Waals surface area contributed by atoms with Crippen LogP contribution in [0.25, 0.3) is 0 Å². The third-order valence-corrected chi connectivity index (χ3v) is 3.63. The molecule has 0 aliphatic heterocycles. The number of carbonyl (C=O) groups is 1. The molecule has 1 N–H and O–H groups in total. The molecule has 18 heavy (non-hydrogen) atoms. The second-order valence-electron chi connectivity index (χ2n) is 5.72.